The Morgan fingerprint density at radius 2 is 1.95 bits per heavy atom. The minimum Gasteiger partial charge on any atom is -0.465 e. The number of nitrogen functional groups attached to an aromatic ring is 1. The average molecular weight is 325 g/mol. The van der Waals surface area contributed by atoms with Crippen molar-refractivity contribution in [2.45, 2.75) is 6.92 Å². The minimum atomic E-state index is -0.445. The molecule has 0 saturated carbocycles. The predicted molar refractivity (Wildman–Crippen MR) is 86.7 cm³/mol. The highest BCUT2D eigenvalue weighted by Crippen LogP contribution is 2.36. The molecule has 3 N–H and O–H groups in total. The summed E-state index contributed by atoms with van der Waals surface area (Å²) in [6, 6.07) is 8.41. The number of methoxy groups -OCH3 is 1. The first kappa shape index (κ1) is 15.5. The molecule has 0 atom stereocenters. The summed E-state index contributed by atoms with van der Waals surface area (Å²) < 4.78 is 4.65. The van der Waals surface area contributed by atoms with Crippen LogP contribution in [0.15, 0.2) is 30.3 Å². The van der Waals surface area contributed by atoms with Crippen LogP contribution in [0.4, 0.5) is 17.1 Å². The van der Waals surface area contributed by atoms with Crippen LogP contribution in [0, 0.1) is 6.92 Å². The van der Waals surface area contributed by atoms with Crippen molar-refractivity contribution >= 4 is 46.2 Å². The molecule has 0 spiro atoms. The lowest BCUT2D eigenvalue weighted by Gasteiger charge is -2.14. The van der Waals surface area contributed by atoms with Gasteiger partial charge in [0.2, 0.25) is 0 Å². The van der Waals surface area contributed by atoms with Crippen LogP contribution in [0.1, 0.15) is 15.9 Å². The van der Waals surface area contributed by atoms with E-state index in [4.69, 9.17) is 28.9 Å². The molecule has 0 radical (unpaired) electrons. The Kier molecular flexibility index (Phi) is 4.60. The molecule has 0 fully saturated rings. The summed E-state index contributed by atoms with van der Waals surface area (Å²) in [6.07, 6.45) is 0. The molecule has 0 aliphatic carbocycles. The second-order valence-electron chi connectivity index (χ2n) is 4.47. The molecule has 2 aromatic rings. The summed E-state index contributed by atoms with van der Waals surface area (Å²) in [5.41, 5.74) is 8.80. The Morgan fingerprint density at radius 1 is 1.24 bits per heavy atom. The average Bonchev–Trinajstić information content (AvgIpc) is 2.48. The molecule has 6 heteroatoms. The maximum Gasteiger partial charge on any atom is 0.337 e. The highest BCUT2D eigenvalue weighted by Gasteiger charge is 2.12. The maximum absolute atomic E-state index is 11.4. The van der Waals surface area contributed by atoms with Gasteiger partial charge in [0, 0.05) is 0 Å². The van der Waals surface area contributed by atoms with E-state index < -0.39 is 5.97 Å². The molecule has 21 heavy (non-hydrogen) atoms. The third-order valence-electron chi connectivity index (χ3n) is 3.02. The zero-order valence-electron chi connectivity index (χ0n) is 11.5. The molecule has 110 valence electrons. The van der Waals surface area contributed by atoms with Crippen LogP contribution in [0.2, 0.25) is 10.0 Å². The fraction of sp³-hybridized carbons (Fsp3) is 0.133. The number of hydrogen-bond donors (Lipinski definition) is 2. The number of nitrogens with two attached hydrogens (primary N) is 1. The Morgan fingerprint density at radius 3 is 2.57 bits per heavy atom. The number of esters is 1. The minimum absolute atomic E-state index is 0.377. The maximum atomic E-state index is 11.4. The summed E-state index contributed by atoms with van der Waals surface area (Å²) in [6.45, 7) is 1.88. The smallest absolute Gasteiger partial charge is 0.337 e. The molecule has 0 bridgehead atoms. The third-order valence-corrected chi connectivity index (χ3v) is 3.82. The van der Waals surface area contributed by atoms with Gasteiger partial charge >= 0.3 is 5.97 Å². The molecule has 0 heterocycles. The largest absolute Gasteiger partial charge is 0.465 e. The quantitative estimate of drug-likeness (QED) is 0.648. The first-order chi connectivity index (χ1) is 9.93. The van der Waals surface area contributed by atoms with Gasteiger partial charge in [-0.3, -0.25) is 0 Å². The second-order valence-corrected chi connectivity index (χ2v) is 5.26. The number of anilines is 3. The van der Waals surface area contributed by atoms with Crippen molar-refractivity contribution in [2.75, 3.05) is 18.2 Å². The van der Waals surface area contributed by atoms with Crippen LogP contribution in [-0.2, 0) is 4.74 Å². The van der Waals surface area contributed by atoms with Gasteiger partial charge < -0.3 is 15.8 Å². The number of nitrogens with one attached hydrogen (secondary N) is 1. The Bertz CT molecular complexity index is 702. The Balaban J connectivity index is 2.37. The topological polar surface area (TPSA) is 64.3 Å². The predicted octanol–water partition coefficient (Wildman–Crippen LogP) is 4.41. The fourth-order valence-electron chi connectivity index (χ4n) is 1.83. The summed E-state index contributed by atoms with van der Waals surface area (Å²) in [5, 5.41) is 4.11. The third kappa shape index (κ3) is 3.23. The van der Waals surface area contributed by atoms with Gasteiger partial charge in [-0.05, 0) is 36.8 Å². The molecule has 2 rings (SSSR count). The van der Waals surface area contributed by atoms with E-state index in [0.717, 1.165) is 5.56 Å². The van der Waals surface area contributed by atoms with E-state index in [2.05, 4.69) is 10.1 Å². The summed E-state index contributed by atoms with van der Waals surface area (Å²) in [4.78, 5) is 11.4. The zero-order chi connectivity index (χ0) is 15.6. The van der Waals surface area contributed by atoms with Crippen molar-refractivity contribution in [2.24, 2.45) is 0 Å². The van der Waals surface area contributed by atoms with Gasteiger partial charge in [-0.2, -0.15) is 0 Å². The van der Waals surface area contributed by atoms with Crippen molar-refractivity contribution in [3.05, 3.63) is 51.5 Å². The number of benzene rings is 2. The van der Waals surface area contributed by atoms with Crippen molar-refractivity contribution in [1.82, 2.24) is 0 Å². The van der Waals surface area contributed by atoms with Crippen molar-refractivity contribution < 1.29 is 9.53 Å². The van der Waals surface area contributed by atoms with Crippen LogP contribution in [0.3, 0.4) is 0 Å². The number of carbonyl (C=O) groups excluding carboxylic acids is 1. The van der Waals surface area contributed by atoms with Gasteiger partial charge in [-0.1, -0.05) is 29.3 Å². The number of rotatable bonds is 3. The molecule has 0 aliphatic rings. The molecule has 0 amide bonds. The lowest BCUT2D eigenvalue weighted by atomic mass is 10.1. The van der Waals surface area contributed by atoms with Gasteiger partial charge in [-0.25, -0.2) is 4.79 Å². The zero-order valence-corrected chi connectivity index (χ0v) is 13.0. The highest BCUT2D eigenvalue weighted by molar-refractivity contribution is 6.39. The lowest BCUT2D eigenvalue weighted by molar-refractivity contribution is 0.0601. The van der Waals surface area contributed by atoms with Crippen LogP contribution in [-0.4, -0.2) is 13.1 Å². The van der Waals surface area contributed by atoms with E-state index in [1.807, 2.05) is 13.0 Å². The SMILES string of the molecule is COC(=O)c1ccc(Nc2c(Cl)ccc(C)c2Cl)c(N)c1. The highest BCUT2D eigenvalue weighted by atomic mass is 35.5. The van der Waals surface area contributed by atoms with Gasteiger partial charge in [0.05, 0.1) is 39.8 Å². The monoisotopic (exact) mass is 324 g/mol. The van der Waals surface area contributed by atoms with E-state index in [0.29, 0.717) is 32.7 Å². The molecule has 0 saturated heterocycles. The first-order valence-corrected chi connectivity index (χ1v) is 6.89. The second kappa shape index (κ2) is 6.24. The Hall–Kier alpha value is -1.91. The molecule has 2 aromatic carbocycles. The standard InChI is InChI=1S/C15H14Cl2N2O2/c1-8-3-5-10(16)14(13(8)17)19-12-6-4-9(7-11(12)18)15(20)21-2/h3-7,19H,18H2,1-2H3. The summed E-state index contributed by atoms with van der Waals surface area (Å²) in [7, 11) is 1.32. The van der Waals surface area contributed by atoms with Gasteiger partial charge in [0.15, 0.2) is 0 Å². The lowest BCUT2D eigenvalue weighted by Crippen LogP contribution is -2.04. The summed E-state index contributed by atoms with van der Waals surface area (Å²) >= 11 is 12.4. The van der Waals surface area contributed by atoms with Crippen LogP contribution in [0.5, 0.6) is 0 Å². The van der Waals surface area contributed by atoms with Crippen LogP contribution in [0.25, 0.3) is 0 Å². The van der Waals surface area contributed by atoms with E-state index in [1.54, 1.807) is 18.2 Å². The molecule has 0 aliphatic heterocycles. The van der Waals surface area contributed by atoms with Crippen LogP contribution < -0.4 is 11.1 Å². The van der Waals surface area contributed by atoms with Gasteiger partial charge in [0.25, 0.3) is 0 Å². The number of ether oxygens (including phenoxy) is 1. The molecular formula is C15H14Cl2N2O2. The summed E-state index contributed by atoms with van der Waals surface area (Å²) in [5.74, 6) is -0.445. The van der Waals surface area contributed by atoms with Crippen molar-refractivity contribution in [1.29, 1.82) is 0 Å². The molecule has 0 aromatic heterocycles. The number of hydrogen-bond acceptors (Lipinski definition) is 4. The van der Waals surface area contributed by atoms with Crippen molar-refractivity contribution in [3.63, 3.8) is 0 Å². The molecular weight excluding hydrogens is 311 g/mol. The molecule has 0 unspecified atom stereocenters. The van der Waals surface area contributed by atoms with E-state index in [-0.39, 0.29) is 0 Å². The fourth-order valence-corrected chi connectivity index (χ4v) is 2.29. The van der Waals surface area contributed by atoms with Gasteiger partial charge in [0.1, 0.15) is 0 Å². The van der Waals surface area contributed by atoms with E-state index in [1.165, 1.54) is 13.2 Å². The van der Waals surface area contributed by atoms with E-state index in [9.17, 15) is 4.79 Å². The van der Waals surface area contributed by atoms with Crippen LogP contribution >= 0.6 is 23.2 Å². The number of aryl methyl sites for hydroxylation is 1. The number of halogens is 2. The molecule has 4 nitrogen and oxygen atoms in total. The Labute approximate surface area is 132 Å². The number of carbonyl (C=O) groups is 1. The van der Waals surface area contributed by atoms with Crippen molar-refractivity contribution in [3.8, 4) is 0 Å². The van der Waals surface area contributed by atoms with E-state index >= 15 is 0 Å². The first-order valence-electron chi connectivity index (χ1n) is 6.13. The van der Waals surface area contributed by atoms with Gasteiger partial charge in [-0.15, -0.1) is 0 Å². The normalized spacial score (nSPS) is 10.3.